The van der Waals surface area contributed by atoms with Crippen LogP contribution in [0.2, 0.25) is 0 Å². The lowest BCUT2D eigenvalue weighted by Gasteiger charge is -2.22. The molecule has 1 amide bonds. The molecule has 20 heavy (non-hydrogen) atoms. The van der Waals surface area contributed by atoms with E-state index in [1.165, 1.54) is 4.90 Å². The smallest absolute Gasteiger partial charge is 0.453 e. The van der Waals surface area contributed by atoms with Crippen LogP contribution in [-0.4, -0.2) is 40.8 Å². The first kappa shape index (κ1) is 17.0. The summed E-state index contributed by atoms with van der Waals surface area (Å²) in [4.78, 5) is 12.2. The van der Waals surface area contributed by atoms with E-state index < -0.39 is 24.6 Å². The second-order valence-corrected chi connectivity index (χ2v) is 5.07. The molecule has 0 unspecified atom stereocenters. The van der Waals surface area contributed by atoms with Crippen LogP contribution in [0.15, 0.2) is 0 Å². The van der Waals surface area contributed by atoms with Gasteiger partial charge >= 0.3 is 18.2 Å². The van der Waals surface area contributed by atoms with Crippen LogP contribution in [0.5, 0.6) is 0 Å². The number of unbranched alkanes of at least 4 members (excludes halogenated alkanes) is 2. The molecule has 1 aliphatic heterocycles. The van der Waals surface area contributed by atoms with Gasteiger partial charge in [-0.2, -0.15) is 22.0 Å². The van der Waals surface area contributed by atoms with E-state index in [4.69, 9.17) is 5.11 Å². The third-order valence-corrected chi connectivity index (χ3v) is 3.57. The number of hydrogen-bond donors (Lipinski definition) is 1. The maximum absolute atomic E-state index is 12.6. The van der Waals surface area contributed by atoms with E-state index in [0.29, 0.717) is 19.4 Å². The standard InChI is InChI=1S/C12H18F5NO2/c13-11(14,12(15,16)17)7-3-1-2-5-9-6-4-8-18(9)10(19)20/h9H,1-8H2,(H,19,20)/t9-/m1/s1. The molecule has 1 rings (SSSR count). The van der Waals surface area contributed by atoms with Gasteiger partial charge in [0.05, 0.1) is 0 Å². The van der Waals surface area contributed by atoms with Gasteiger partial charge in [-0.25, -0.2) is 4.79 Å². The molecule has 0 bridgehead atoms. The number of hydrogen-bond acceptors (Lipinski definition) is 1. The first-order chi connectivity index (χ1) is 9.15. The molecule has 118 valence electrons. The maximum Gasteiger partial charge on any atom is 0.453 e. The number of nitrogens with zero attached hydrogens (tertiary/aromatic N) is 1. The molecule has 0 aromatic carbocycles. The Morgan fingerprint density at radius 3 is 2.35 bits per heavy atom. The Labute approximate surface area is 113 Å². The van der Waals surface area contributed by atoms with E-state index in [-0.39, 0.29) is 18.9 Å². The Hall–Kier alpha value is -1.08. The van der Waals surface area contributed by atoms with Crippen molar-refractivity contribution < 1.29 is 31.9 Å². The van der Waals surface area contributed by atoms with Crippen molar-refractivity contribution in [2.24, 2.45) is 0 Å². The molecular weight excluding hydrogens is 285 g/mol. The summed E-state index contributed by atoms with van der Waals surface area (Å²) in [6.45, 7) is 0.464. The van der Waals surface area contributed by atoms with Crippen molar-refractivity contribution in [1.29, 1.82) is 0 Å². The number of carbonyl (C=O) groups is 1. The first-order valence-electron chi connectivity index (χ1n) is 6.59. The average Bonchev–Trinajstić information content (AvgIpc) is 2.75. The Bertz CT molecular complexity index is 332. The highest BCUT2D eigenvalue weighted by Crippen LogP contribution is 2.39. The van der Waals surface area contributed by atoms with Gasteiger partial charge in [0.15, 0.2) is 0 Å². The predicted octanol–water partition coefficient (Wildman–Crippen LogP) is 4.28. The minimum absolute atomic E-state index is 0.129. The fourth-order valence-corrected chi connectivity index (χ4v) is 2.43. The summed E-state index contributed by atoms with van der Waals surface area (Å²) in [5, 5.41) is 8.88. The fraction of sp³-hybridized carbons (Fsp3) is 0.917. The van der Waals surface area contributed by atoms with E-state index in [1.54, 1.807) is 0 Å². The van der Waals surface area contributed by atoms with Gasteiger partial charge in [0, 0.05) is 19.0 Å². The summed E-state index contributed by atoms with van der Waals surface area (Å²) < 4.78 is 61.0. The lowest BCUT2D eigenvalue weighted by Crippen LogP contribution is -2.36. The normalized spacial score (nSPS) is 20.4. The molecule has 0 radical (unpaired) electrons. The monoisotopic (exact) mass is 303 g/mol. The summed E-state index contributed by atoms with van der Waals surface area (Å²) in [7, 11) is 0. The van der Waals surface area contributed by atoms with E-state index in [1.807, 2.05) is 0 Å². The van der Waals surface area contributed by atoms with Crippen molar-refractivity contribution in [3.63, 3.8) is 0 Å². The Morgan fingerprint density at radius 2 is 1.80 bits per heavy atom. The van der Waals surface area contributed by atoms with Gasteiger partial charge in [0.25, 0.3) is 0 Å². The summed E-state index contributed by atoms with van der Waals surface area (Å²) in [6, 6.07) is -0.129. The number of amides is 1. The molecule has 0 aromatic rings. The Morgan fingerprint density at radius 1 is 1.15 bits per heavy atom. The molecule has 8 heteroatoms. The SMILES string of the molecule is O=C(O)N1CCC[C@H]1CCCCCC(F)(F)C(F)(F)F. The molecule has 1 saturated heterocycles. The number of alkyl halides is 5. The van der Waals surface area contributed by atoms with Crippen molar-refractivity contribution in [3.8, 4) is 0 Å². The van der Waals surface area contributed by atoms with E-state index in [0.717, 1.165) is 12.8 Å². The molecule has 1 aliphatic rings. The quantitative estimate of drug-likeness (QED) is 0.588. The van der Waals surface area contributed by atoms with Gasteiger partial charge in [-0.05, 0) is 25.7 Å². The largest absolute Gasteiger partial charge is 0.465 e. The average molecular weight is 303 g/mol. The number of likely N-dealkylation sites (tertiary alicyclic amines) is 1. The molecule has 3 nitrogen and oxygen atoms in total. The van der Waals surface area contributed by atoms with Crippen LogP contribution in [0.4, 0.5) is 26.7 Å². The highest BCUT2D eigenvalue weighted by molar-refractivity contribution is 5.65. The molecule has 1 atom stereocenters. The molecule has 0 spiro atoms. The van der Waals surface area contributed by atoms with Crippen molar-refractivity contribution in [2.45, 2.75) is 63.1 Å². The second-order valence-electron chi connectivity index (χ2n) is 5.07. The summed E-state index contributed by atoms with van der Waals surface area (Å²) >= 11 is 0. The first-order valence-corrected chi connectivity index (χ1v) is 6.59. The minimum Gasteiger partial charge on any atom is -0.465 e. The van der Waals surface area contributed by atoms with Crippen LogP contribution in [0.3, 0.4) is 0 Å². The highest BCUT2D eigenvalue weighted by Gasteiger charge is 2.56. The summed E-state index contributed by atoms with van der Waals surface area (Å²) in [6.07, 6.45) is -5.19. The molecule has 0 aromatic heterocycles. The van der Waals surface area contributed by atoms with Gasteiger partial charge in [-0.3, -0.25) is 0 Å². The summed E-state index contributed by atoms with van der Waals surface area (Å²) in [5.74, 6) is -4.63. The van der Waals surface area contributed by atoms with Gasteiger partial charge < -0.3 is 10.0 Å². The zero-order chi connectivity index (χ0) is 15.4. The lowest BCUT2D eigenvalue weighted by molar-refractivity contribution is -0.284. The number of carboxylic acid groups (broad SMARTS) is 1. The van der Waals surface area contributed by atoms with Gasteiger partial charge in [-0.1, -0.05) is 12.8 Å². The van der Waals surface area contributed by atoms with Crippen LogP contribution >= 0.6 is 0 Å². The Balaban J connectivity index is 2.21. The van der Waals surface area contributed by atoms with Crippen LogP contribution in [0.25, 0.3) is 0 Å². The zero-order valence-electron chi connectivity index (χ0n) is 10.9. The van der Waals surface area contributed by atoms with E-state index >= 15 is 0 Å². The van der Waals surface area contributed by atoms with Crippen molar-refractivity contribution in [1.82, 2.24) is 4.90 Å². The number of halogens is 5. The summed E-state index contributed by atoms with van der Waals surface area (Å²) in [5.41, 5.74) is 0. The van der Waals surface area contributed by atoms with Gasteiger partial charge in [-0.15, -0.1) is 0 Å². The minimum atomic E-state index is -5.49. The molecule has 0 aliphatic carbocycles. The molecular formula is C12H18F5NO2. The Kier molecular flexibility index (Phi) is 5.59. The van der Waals surface area contributed by atoms with Crippen molar-refractivity contribution in [2.75, 3.05) is 6.54 Å². The molecule has 0 saturated carbocycles. The topological polar surface area (TPSA) is 40.5 Å². The van der Waals surface area contributed by atoms with Crippen LogP contribution in [-0.2, 0) is 0 Å². The molecule has 1 fully saturated rings. The predicted molar refractivity (Wildman–Crippen MR) is 61.8 cm³/mol. The second kappa shape index (κ2) is 6.58. The number of rotatable bonds is 6. The third-order valence-electron chi connectivity index (χ3n) is 3.57. The molecule has 1 heterocycles. The van der Waals surface area contributed by atoms with E-state index in [9.17, 15) is 26.7 Å². The van der Waals surface area contributed by atoms with Gasteiger partial charge in [0.2, 0.25) is 0 Å². The van der Waals surface area contributed by atoms with Crippen LogP contribution in [0, 0.1) is 0 Å². The maximum atomic E-state index is 12.6. The zero-order valence-corrected chi connectivity index (χ0v) is 10.9. The highest BCUT2D eigenvalue weighted by atomic mass is 19.4. The lowest BCUT2D eigenvalue weighted by atomic mass is 10.0. The fourth-order valence-electron chi connectivity index (χ4n) is 2.43. The van der Waals surface area contributed by atoms with Crippen LogP contribution < -0.4 is 0 Å². The van der Waals surface area contributed by atoms with Crippen molar-refractivity contribution >= 4 is 6.09 Å². The van der Waals surface area contributed by atoms with Crippen molar-refractivity contribution in [3.05, 3.63) is 0 Å². The van der Waals surface area contributed by atoms with E-state index in [2.05, 4.69) is 0 Å². The third kappa shape index (κ3) is 4.49. The van der Waals surface area contributed by atoms with Crippen LogP contribution in [0.1, 0.15) is 44.9 Å². The van der Waals surface area contributed by atoms with Gasteiger partial charge in [0.1, 0.15) is 0 Å². The molecule has 1 N–H and O–H groups in total.